The Balaban J connectivity index is 2.51. The number of nitrogens with zero attached hydrogens (tertiary/aromatic N) is 2. The highest BCUT2D eigenvalue weighted by molar-refractivity contribution is 5.11. The van der Waals surface area contributed by atoms with Crippen LogP contribution in [-0.2, 0) is 6.67 Å². The summed E-state index contributed by atoms with van der Waals surface area (Å²) in [7, 11) is 1.88. The summed E-state index contributed by atoms with van der Waals surface area (Å²) in [4.78, 5) is 0. The molecule has 1 heterocycles. The molecule has 0 aliphatic rings. The molecule has 0 bridgehead atoms. The molecule has 0 fully saturated rings. The van der Waals surface area contributed by atoms with E-state index in [0.29, 0.717) is 13.3 Å². The van der Waals surface area contributed by atoms with E-state index in [1.807, 2.05) is 20.2 Å². The average molecular weight is 155 g/mol. The van der Waals surface area contributed by atoms with Crippen molar-refractivity contribution in [2.24, 2.45) is 0 Å². The first kappa shape index (κ1) is 8.07. The smallest absolute Gasteiger partial charge is 0.157 e. The Morgan fingerprint density at radius 2 is 2.55 bits per heavy atom. The van der Waals surface area contributed by atoms with E-state index in [0.717, 1.165) is 5.75 Å². The van der Waals surface area contributed by atoms with Crippen molar-refractivity contribution in [2.75, 3.05) is 13.7 Å². The van der Waals surface area contributed by atoms with Gasteiger partial charge in [-0.05, 0) is 14.0 Å². The fraction of sp³-hybridized carbons (Fsp3) is 0.571. The highest BCUT2D eigenvalue weighted by Crippen LogP contribution is 2.06. The molecule has 1 rings (SSSR count). The second-order valence-corrected chi connectivity index (χ2v) is 2.16. The van der Waals surface area contributed by atoms with Gasteiger partial charge in [-0.25, -0.2) is 0 Å². The molecule has 1 aromatic rings. The van der Waals surface area contributed by atoms with Crippen LogP contribution in [0.1, 0.15) is 6.92 Å². The monoisotopic (exact) mass is 155 g/mol. The molecule has 0 aliphatic carbocycles. The summed E-state index contributed by atoms with van der Waals surface area (Å²) in [5, 5.41) is 7.04. The first-order chi connectivity index (χ1) is 5.36. The number of hydrogen-bond donors (Lipinski definition) is 1. The summed E-state index contributed by atoms with van der Waals surface area (Å²) < 4.78 is 7.00. The van der Waals surface area contributed by atoms with E-state index >= 15 is 0 Å². The normalized spacial score (nSPS) is 10.0. The van der Waals surface area contributed by atoms with E-state index in [1.54, 1.807) is 10.9 Å². The van der Waals surface area contributed by atoms with Gasteiger partial charge in [-0.3, -0.25) is 4.68 Å². The molecule has 0 radical (unpaired) electrons. The van der Waals surface area contributed by atoms with Crippen LogP contribution in [-0.4, -0.2) is 23.4 Å². The van der Waals surface area contributed by atoms with Gasteiger partial charge < -0.3 is 10.1 Å². The van der Waals surface area contributed by atoms with Gasteiger partial charge in [-0.15, -0.1) is 0 Å². The SMILES string of the molecule is CCOc1cnn(CNC)c1. The standard InChI is InChI=1S/C7H13N3O/c1-3-11-7-4-9-10(5-7)6-8-2/h4-5,8H,3,6H2,1-2H3. The summed E-state index contributed by atoms with van der Waals surface area (Å²) in [5.41, 5.74) is 0. The van der Waals surface area contributed by atoms with Crippen LogP contribution in [0.3, 0.4) is 0 Å². The zero-order valence-corrected chi connectivity index (χ0v) is 6.87. The number of hydrogen-bond acceptors (Lipinski definition) is 3. The zero-order chi connectivity index (χ0) is 8.10. The van der Waals surface area contributed by atoms with Gasteiger partial charge in [0.15, 0.2) is 5.75 Å². The van der Waals surface area contributed by atoms with Crippen molar-refractivity contribution in [3.63, 3.8) is 0 Å². The van der Waals surface area contributed by atoms with Crippen molar-refractivity contribution in [3.8, 4) is 5.75 Å². The molecule has 0 saturated heterocycles. The summed E-state index contributed by atoms with van der Waals surface area (Å²) in [6.07, 6.45) is 3.57. The number of aromatic nitrogens is 2. The number of rotatable bonds is 4. The molecule has 0 saturated carbocycles. The molecule has 0 atom stereocenters. The molecule has 4 heteroatoms. The molecule has 1 aromatic heterocycles. The highest BCUT2D eigenvalue weighted by atomic mass is 16.5. The Morgan fingerprint density at radius 1 is 1.73 bits per heavy atom. The van der Waals surface area contributed by atoms with Crippen LogP contribution < -0.4 is 10.1 Å². The summed E-state index contributed by atoms with van der Waals surface area (Å²) in [5.74, 6) is 0.822. The van der Waals surface area contributed by atoms with Gasteiger partial charge in [0.2, 0.25) is 0 Å². The minimum absolute atomic E-state index is 0.686. The zero-order valence-electron chi connectivity index (χ0n) is 6.87. The van der Waals surface area contributed by atoms with Crippen molar-refractivity contribution < 1.29 is 4.74 Å². The lowest BCUT2D eigenvalue weighted by Crippen LogP contribution is -2.12. The van der Waals surface area contributed by atoms with E-state index in [9.17, 15) is 0 Å². The van der Waals surface area contributed by atoms with Crippen molar-refractivity contribution in [1.29, 1.82) is 0 Å². The van der Waals surface area contributed by atoms with Crippen LogP contribution in [0, 0.1) is 0 Å². The second kappa shape index (κ2) is 3.98. The maximum absolute atomic E-state index is 5.22. The van der Waals surface area contributed by atoms with E-state index < -0.39 is 0 Å². The Hall–Kier alpha value is -1.03. The van der Waals surface area contributed by atoms with Gasteiger partial charge in [0, 0.05) is 0 Å². The minimum Gasteiger partial charge on any atom is -0.491 e. The van der Waals surface area contributed by atoms with E-state index in [1.165, 1.54) is 0 Å². The fourth-order valence-electron chi connectivity index (χ4n) is 0.834. The molecule has 62 valence electrons. The molecule has 0 aromatic carbocycles. The average Bonchev–Trinajstić information content (AvgIpc) is 2.38. The molecule has 11 heavy (non-hydrogen) atoms. The molecule has 1 N–H and O–H groups in total. The predicted octanol–water partition coefficient (Wildman–Crippen LogP) is 0.459. The Kier molecular flexibility index (Phi) is 2.92. The van der Waals surface area contributed by atoms with Crippen molar-refractivity contribution in [2.45, 2.75) is 13.6 Å². The van der Waals surface area contributed by atoms with Gasteiger partial charge in [0.1, 0.15) is 0 Å². The first-order valence-corrected chi connectivity index (χ1v) is 3.66. The molecule has 4 nitrogen and oxygen atoms in total. The Morgan fingerprint density at radius 3 is 3.18 bits per heavy atom. The maximum atomic E-state index is 5.22. The van der Waals surface area contributed by atoms with E-state index in [2.05, 4.69) is 10.4 Å². The van der Waals surface area contributed by atoms with Crippen LogP contribution in [0.5, 0.6) is 5.75 Å². The quantitative estimate of drug-likeness (QED) is 0.686. The largest absolute Gasteiger partial charge is 0.491 e. The van der Waals surface area contributed by atoms with Gasteiger partial charge in [0.25, 0.3) is 0 Å². The van der Waals surface area contributed by atoms with Crippen molar-refractivity contribution in [1.82, 2.24) is 15.1 Å². The summed E-state index contributed by atoms with van der Waals surface area (Å²) >= 11 is 0. The van der Waals surface area contributed by atoms with Crippen LogP contribution in [0.15, 0.2) is 12.4 Å². The predicted molar refractivity (Wildman–Crippen MR) is 42.5 cm³/mol. The van der Waals surface area contributed by atoms with Crippen LogP contribution in [0.25, 0.3) is 0 Å². The minimum atomic E-state index is 0.686. The third-order valence-corrected chi connectivity index (χ3v) is 1.24. The molecule has 0 aliphatic heterocycles. The third kappa shape index (κ3) is 2.23. The first-order valence-electron chi connectivity index (χ1n) is 3.66. The fourth-order valence-corrected chi connectivity index (χ4v) is 0.834. The van der Waals surface area contributed by atoms with E-state index in [4.69, 9.17) is 4.74 Å². The van der Waals surface area contributed by atoms with Gasteiger partial charge >= 0.3 is 0 Å². The number of nitrogens with one attached hydrogen (secondary N) is 1. The highest BCUT2D eigenvalue weighted by Gasteiger charge is 1.95. The maximum Gasteiger partial charge on any atom is 0.157 e. The van der Waals surface area contributed by atoms with E-state index in [-0.39, 0.29) is 0 Å². The second-order valence-electron chi connectivity index (χ2n) is 2.16. The number of ether oxygens (including phenoxy) is 1. The molecular weight excluding hydrogens is 142 g/mol. The lowest BCUT2D eigenvalue weighted by molar-refractivity contribution is 0.339. The van der Waals surface area contributed by atoms with Crippen LogP contribution in [0.2, 0.25) is 0 Å². The molecule has 0 spiro atoms. The third-order valence-electron chi connectivity index (χ3n) is 1.24. The lowest BCUT2D eigenvalue weighted by Gasteiger charge is -1.97. The topological polar surface area (TPSA) is 39.1 Å². The summed E-state index contributed by atoms with van der Waals surface area (Å²) in [6, 6.07) is 0. The molecular formula is C7H13N3O. The van der Waals surface area contributed by atoms with Crippen LogP contribution >= 0.6 is 0 Å². The Labute approximate surface area is 66.2 Å². The van der Waals surface area contributed by atoms with Gasteiger partial charge in [-0.1, -0.05) is 0 Å². The summed E-state index contributed by atoms with van der Waals surface area (Å²) in [6.45, 7) is 3.35. The van der Waals surface area contributed by atoms with Gasteiger partial charge in [0.05, 0.1) is 25.7 Å². The van der Waals surface area contributed by atoms with Crippen molar-refractivity contribution >= 4 is 0 Å². The Bertz CT molecular complexity index is 189. The van der Waals surface area contributed by atoms with Crippen molar-refractivity contribution in [3.05, 3.63) is 12.4 Å². The molecule has 0 amide bonds. The molecule has 0 unspecified atom stereocenters. The lowest BCUT2D eigenvalue weighted by atomic mass is 10.6. The van der Waals surface area contributed by atoms with Gasteiger partial charge in [-0.2, -0.15) is 5.10 Å². The van der Waals surface area contributed by atoms with Crippen LogP contribution in [0.4, 0.5) is 0 Å².